The van der Waals surface area contributed by atoms with Crippen molar-refractivity contribution in [2.24, 2.45) is 0 Å². The maximum atomic E-state index is 12.8. The summed E-state index contributed by atoms with van der Waals surface area (Å²) in [6, 6.07) is 10.3. The molecule has 0 fully saturated rings. The predicted molar refractivity (Wildman–Crippen MR) is 73.8 cm³/mol. The predicted octanol–water partition coefficient (Wildman–Crippen LogP) is 5.01. The Morgan fingerprint density at radius 3 is 2.35 bits per heavy atom. The molecule has 5 heteroatoms. The number of carbonyl (C=O) groups excluding carboxylic acids is 1. The van der Waals surface area contributed by atoms with E-state index in [0.29, 0.717) is 5.56 Å². The molecule has 104 valence electrons. The van der Waals surface area contributed by atoms with Crippen molar-refractivity contribution < 1.29 is 18.0 Å². The van der Waals surface area contributed by atoms with Gasteiger partial charge in [0.2, 0.25) is 0 Å². The zero-order valence-electron chi connectivity index (χ0n) is 10.5. The van der Waals surface area contributed by atoms with Crippen molar-refractivity contribution in [1.29, 1.82) is 0 Å². The fourth-order valence-electron chi connectivity index (χ4n) is 1.87. The number of hydrogen-bond donors (Lipinski definition) is 0. The first-order valence-electron chi connectivity index (χ1n) is 5.78. The molecule has 0 radical (unpaired) electrons. The Balaban J connectivity index is 2.50. The molecule has 0 unspecified atom stereocenters. The lowest BCUT2D eigenvalue weighted by Gasteiger charge is -2.11. The second-order valence-electron chi connectivity index (χ2n) is 4.34. The first kappa shape index (κ1) is 14.8. The summed E-state index contributed by atoms with van der Waals surface area (Å²) in [5.41, 5.74) is 0.309. The number of carbonyl (C=O) groups is 1. The minimum atomic E-state index is -4.50. The highest BCUT2D eigenvalue weighted by molar-refractivity contribution is 9.10. The Bertz CT molecular complexity index is 662. The van der Waals surface area contributed by atoms with Gasteiger partial charge in [-0.25, -0.2) is 0 Å². The summed E-state index contributed by atoms with van der Waals surface area (Å²) >= 11 is 2.85. The van der Waals surface area contributed by atoms with Crippen LogP contribution in [0.5, 0.6) is 0 Å². The van der Waals surface area contributed by atoms with Crippen LogP contribution >= 0.6 is 15.9 Å². The number of halogens is 4. The standard InChI is InChI=1S/C15H10BrF3O/c1-9-4-2-3-5-11(9)14(20)10-6-7-13(16)12(8-10)15(17,18)19/h2-8H,1H3. The largest absolute Gasteiger partial charge is 0.417 e. The van der Waals surface area contributed by atoms with Gasteiger partial charge in [-0.1, -0.05) is 40.2 Å². The van der Waals surface area contributed by atoms with Crippen molar-refractivity contribution in [1.82, 2.24) is 0 Å². The van der Waals surface area contributed by atoms with Gasteiger partial charge in [0.05, 0.1) is 5.56 Å². The molecule has 0 bridgehead atoms. The Kier molecular flexibility index (Phi) is 3.99. The van der Waals surface area contributed by atoms with Crippen molar-refractivity contribution in [3.8, 4) is 0 Å². The lowest BCUT2D eigenvalue weighted by molar-refractivity contribution is -0.138. The Hall–Kier alpha value is -1.62. The van der Waals surface area contributed by atoms with E-state index in [-0.39, 0.29) is 10.0 Å². The molecule has 0 aliphatic heterocycles. The van der Waals surface area contributed by atoms with Crippen molar-refractivity contribution in [3.63, 3.8) is 0 Å². The first-order chi connectivity index (χ1) is 9.30. The average molecular weight is 343 g/mol. The monoisotopic (exact) mass is 342 g/mol. The molecule has 0 spiro atoms. The van der Waals surface area contributed by atoms with Crippen molar-refractivity contribution in [3.05, 3.63) is 69.2 Å². The fourth-order valence-corrected chi connectivity index (χ4v) is 2.34. The molecular weight excluding hydrogens is 333 g/mol. The maximum Gasteiger partial charge on any atom is 0.417 e. The quantitative estimate of drug-likeness (QED) is 0.701. The topological polar surface area (TPSA) is 17.1 Å². The molecule has 0 saturated heterocycles. The van der Waals surface area contributed by atoms with E-state index < -0.39 is 17.5 Å². The van der Waals surface area contributed by atoms with Crippen LogP contribution in [0.4, 0.5) is 13.2 Å². The van der Waals surface area contributed by atoms with Crippen molar-refractivity contribution in [2.75, 3.05) is 0 Å². The van der Waals surface area contributed by atoms with Crippen LogP contribution in [-0.2, 0) is 6.18 Å². The highest BCUT2D eigenvalue weighted by Gasteiger charge is 2.33. The van der Waals surface area contributed by atoms with Gasteiger partial charge in [0.25, 0.3) is 0 Å². The second kappa shape index (κ2) is 5.40. The molecule has 0 saturated carbocycles. The van der Waals surface area contributed by atoms with Gasteiger partial charge in [-0.15, -0.1) is 0 Å². The van der Waals surface area contributed by atoms with Crippen LogP contribution in [0.1, 0.15) is 27.0 Å². The normalized spacial score (nSPS) is 11.4. The highest BCUT2D eigenvalue weighted by atomic mass is 79.9. The summed E-state index contributed by atoms with van der Waals surface area (Å²) in [6.07, 6.45) is -4.50. The van der Waals surface area contributed by atoms with Gasteiger partial charge in [-0.3, -0.25) is 4.79 Å². The van der Waals surface area contributed by atoms with E-state index in [1.165, 1.54) is 12.1 Å². The molecule has 0 amide bonds. The van der Waals surface area contributed by atoms with Gasteiger partial charge in [-0.2, -0.15) is 13.2 Å². The molecule has 20 heavy (non-hydrogen) atoms. The van der Waals surface area contributed by atoms with Gasteiger partial charge >= 0.3 is 6.18 Å². The molecule has 0 aromatic heterocycles. The first-order valence-corrected chi connectivity index (χ1v) is 6.57. The summed E-state index contributed by atoms with van der Waals surface area (Å²) in [6.45, 7) is 1.75. The molecule has 2 aromatic rings. The maximum absolute atomic E-state index is 12.8. The molecule has 0 aliphatic carbocycles. The Morgan fingerprint density at radius 2 is 1.75 bits per heavy atom. The molecular formula is C15H10BrF3O. The molecule has 0 heterocycles. The van der Waals surface area contributed by atoms with Crippen LogP contribution < -0.4 is 0 Å². The fraction of sp³-hybridized carbons (Fsp3) is 0.133. The van der Waals surface area contributed by atoms with Gasteiger partial charge in [0.15, 0.2) is 5.78 Å². The number of hydrogen-bond acceptors (Lipinski definition) is 1. The van der Waals surface area contributed by atoms with Gasteiger partial charge in [-0.05, 0) is 30.7 Å². The number of alkyl halides is 3. The molecule has 2 aromatic carbocycles. The van der Waals surface area contributed by atoms with Crippen LogP contribution in [0.25, 0.3) is 0 Å². The van der Waals surface area contributed by atoms with Crippen LogP contribution in [0.2, 0.25) is 0 Å². The van der Waals surface area contributed by atoms with E-state index in [9.17, 15) is 18.0 Å². The van der Waals surface area contributed by atoms with Crippen LogP contribution in [-0.4, -0.2) is 5.78 Å². The van der Waals surface area contributed by atoms with Crippen molar-refractivity contribution in [2.45, 2.75) is 13.1 Å². The van der Waals surface area contributed by atoms with E-state index in [0.717, 1.165) is 11.6 Å². The van der Waals surface area contributed by atoms with E-state index >= 15 is 0 Å². The second-order valence-corrected chi connectivity index (χ2v) is 5.19. The van der Waals surface area contributed by atoms with E-state index in [4.69, 9.17) is 0 Å². The zero-order chi connectivity index (χ0) is 14.9. The molecule has 0 aliphatic rings. The average Bonchev–Trinajstić information content (AvgIpc) is 2.37. The summed E-state index contributed by atoms with van der Waals surface area (Å²) < 4.78 is 38.4. The van der Waals surface area contributed by atoms with Gasteiger partial charge in [0.1, 0.15) is 0 Å². The van der Waals surface area contributed by atoms with Crippen LogP contribution in [0.3, 0.4) is 0 Å². The van der Waals surface area contributed by atoms with Crippen LogP contribution in [0.15, 0.2) is 46.9 Å². The SMILES string of the molecule is Cc1ccccc1C(=O)c1ccc(Br)c(C(F)(F)F)c1. The summed E-state index contributed by atoms with van der Waals surface area (Å²) in [5, 5.41) is 0. The smallest absolute Gasteiger partial charge is 0.289 e. The number of aryl methyl sites for hydroxylation is 1. The Morgan fingerprint density at radius 1 is 1.10 bits per heavy atom. The lowest BCUT2D eigenvalue weighted by Crippen LogP contribution is -2.10. The lowest BCUT2D eigenvalue weighted by atomic mass is 9.98. The summed E-state index contributed by atoms with van der Waals surface area (Å²) in [4.78, 5) is 12.3. The highest BCUT2D eigenvalue weighted by Crippen LogP contribution is 2.35. The summed E-state index contributed by atoms with van der Waals surface area (Å²) in [7, 11) is 0. The third-order valence-electron chi connectivity index (χ3n) is 2.92. The molecule has 2 rings (SSSR count). The Labute approximate surface area is 122 Å². The molecule has 0 N–H and O–H groups in total. The van der Waals surface area contributed by atoms with Crippen LogP contribution in [0, 0.1) is 6.92 Å². The van der Waals surface area contributed by atoms with Gasteiger partial charge in [0, 0.05) is 15.6 Å². The third kappa shape index (κ3) is 2.93. The van der Waals surface area contributed by atoms with E-state index in [1.54, 1.807) is 31.2 Å². The minimum absolute atomic E-state index is 0.0230. The van der Waals surface area contributed by atoms with E-state index in [1.807, 2.05) is 0 Å². The number of ketones is 1. The molecule has 1 nitrogen and oxygen atoms in total. The zero-order valence-corrected chi connectivity index (χ0v) is 12.0. The number of benzene rings is 2. The number of rotatable bonds is 2. The van der Waals surface area contributed by atoms with Crippen molar-refractivity contribution >= 4 is 21.7 Å². The third-order valence-corrected chi connectivity index (χ3v) is 3.62. The minimum Gasteiger partial charge on any atom is -0.289 e. The summed E-state index contributed by atoms with van der Waals surface area (Å²) in [5.74, 6) is -0.416. The van der Waals surface area contributed by atoms with Gasteiger partial charge < -0.3 is 0 Å². The molecule has 0 atom stereocenters. The van der Waals surface area contributed by atoms with E-state index in [2.05, 4.69) is 15.9 Å².